The number of para-hydroxylation sites is 1. The molecule has 0 saturated heterocycles. The molecule has 0 saturated carbocycles. The topological polar surface area (TPSA) is 128 Å². The van der Waals surface area contributed by atoms with Gasteiger partial charge in [-0.15, -0.1) is 0 Å². The number of benzene rings is 2. The summed E-state index contributed by atoms with van der Waals surface area (Å²) in [6.45, 7) is 0. The predicted molar refractivity (Wildman–Crippen MR) is 87.9 cm³/mol. The van der Waals surface area contributed by atoms with Crippen molar-refractivity contribution in [2.24, 2.45) is 0 Å². The van der Waals surface area contributed by atoms with Crippen LogP contribution < -0.4 is 16.7 Å². The lowest BCUT2D eigenvalue weighted by Gasteiger charge is -2.07. The van der Waals surface area contributed by atoms with Gasteiger partial charge < -0.3 is 15.5 Å². The highest BCUT2D eigenvalue weighted by molar-refractivity contribution is 6.06. The van der Waals surface area contributed by atoms with Gasteiger partial charge in [-0.3, -0.25) is 14.9 Å². The van der Waals surface area contributed by atoms with Crippen molar-refractivity contribution in [1.29, 1.82) is 0 Å². The van der Waals surface area contributed by atoms with Crippen LogP contribution in [0.4, 0.5) is 17.1 Å². The van der Waals surface area contributed by atoms with Crippen molar-refractivity contribution in [3.05, 3.63) is 74.6 Å². The molecule has 2 aromatic carbocycles. The minimum absolute atomic E-state index is 0.0164. The van der Waals surface area contributed by atoms with Gasteiger partial charge in [0.25, 0.3) is 11.6 Å². The molecule has 0 fully saturated rings. The van der Waals surface area contributed by atoms with E-state index >= 15 is 0 Å². The Balaban J connectivity index is 1.94. The van der Waals surface area contributed by atoms with Crippen molar-refractivity contribution < 1.29 is 14.1 Å². The number of non-ortho nitro benzene ring substituents is 1. The van der Waals surface area contributed by atoms with E-state index in [1.165, 1.54) is 18.2 Å². The lowest BCUT2D eigenvalue weighted by molar-refractivity contribution is -0.384. The number of nitrogens with one attached hydrogen (secondary N) is 1. The van der Waals surface area contributed by atoms with Crippen LogP contribution >= 0.6 is 0 Å². The molecule has 1 aromatic heterocycles. The van der Waals surface area contributed by atoms with Gasteiger partial charge in [-0.05, 0) is 18.2 Å². The van der Waals surface area contributed by atoms with E-state index in [1.54, 1.807) is 24.3 Å². The number of carbonyl (C=O) groups excluding carboxylic acids is 1. The van der Waals surface area contributed by atoms with E-state index < -0.39 is 16.5 Å². The molecule has 8 nitrogen and oxygen atoms in total. The Bertz CT molecular complexity index is 1030. The fraction of sp³-hybridized carbons (Fsp3) is 0. The van der Waals surface area contributed by atoms with Gasteiger partial charge in [0.15, 0.2) is 0 Å². The Hall–Kier alpha value is -3.68. The molecule has 0 bridgehead atoms. The van der Waals surface area contributed by atoms with Gasteiger partial charge in [0.05, 0.1) is 16.3 Å². The number of nitrogens with two attached hydrogens (primary N) is 1. The molecule has 120 valence electrons. The molecule has 1 amide bonds. The maximum Gasteiger partial charge on any atom is 0.349 e. The Morgan fingerprint density at radius 3 is 2.62 bits per heavy atom. The minimum Gasteiger partial charge on any atom is -0.422 e. The van der Waals surface area contributed by atoms with Crippen molar-refractivity contribution in [3.8, 4) is 0 Å². The minimum atomic E-state index is -0.785. The average Bonchev–Trinajstić information content (AvgIpc) is 2.55. The monoisotopic (exact) mass is 325 g/mol. The van der Waals surface area contributed by atoms with E-state index in [-0.39, 0.29) is 22.6 Å². The number of nitro benzene ring substituents is 1. The van der Waals surface area contributed by atoms with E-state index in [0.717, 1.165) is 6.07 Å². The summed E-state index contributed by atoms with van der Waals surface area (Å²) in [6, 6.07) is 11.8. The van der Waals surface area contributed by atoms with Crippen molar-refractivity contribution in [2.75, 3.05) is 11.1 Å². The van der Waals surface area contributed by atoms with Crippen LogP contribution in [0.25, 0.3) is 11.0 Å². The molecule has 8 heteroatoms. The first-order chi connectivity index (χ1) is 11.5. The Kier molecular flexibility index (Phi) is 3.70. The first-order valence-electron chi connectivity index (χ1n) is 6.84. The van der Waals surface area contributed by atoms with Gasteiger partial charge in [-0.1, -0.05) is 18.2 Å². The summed E-state index contributed by atoms with van der Waals surface area (Å²) in [5, 5.41) is 13.7. The highest BCUT2D eigenvalue weighted by Crippen LogP contribution is 2.24. The molecule has 0 aliphatic carbocycles. The second kappa shape index (κ2) is 5.84. The SMILES string of the molecule is Nc1cc([N+](=O)[O-])ccc1NC(=O)c1cc2ccccc2oc1=O. The van der Waals surface area contributed by atoms with Crippen LogP contribution in [-0.2, 0) is 0 Å². The second-order valence-corrected chi connectivity index (χ2v) is 4.97. The molecule has 3 N–H and O–H groups in total. The maximum absolute atomic E-state index is 12.3. The van der Waals surface area contributed by atoms with E-state index in [1.807, 2.05) is 0 Å². The summed E-state index contributed by atoms with van der Waals surface area (Å²) < 4.78 is 5.10. The Morgan fingerprint density at radius 2 is 1.92 bits per heavy atom. The molecule has 1 heterocycles. The van der Waals surface area contributed by atoms with E-state index in [0.29, 0.717) is 11.0 Å². The largest absolute Gasteiger partial charge is 0.422 e. The van der Waals surface area contributed by atoms with Gasteiger partial charge >= 0.3 is 5.63 Å². The Labute approximate surface area is 134 Å². The lowest BCUT2D eigenvalue weighted by Crippen LogP contribution is -2.21. The zero-order chi connectivity index (χ0) is 17.3. The normalized spacial score (nSPS) is 10.5. The number of fused-ring (bicyclic) bond motifs is 1. The number of hydrogen-bond acceptors (Lipinski definition) is 6. The van der Waals surface area contributed by atoms with Crippen LogP contribution in [0.15, 0.2) is 57.7 Å². The van der Waals surface area contributed by atoms with E-state index in [9.17, 15) is 19.7 Å². The van der Waals surface area contributed by atoms with Crippen LogP contribution in [0.2, 0.25) is 0 Å². The smallest absolute Gasteiger partial charge is 0.349 e. The number of hydrogen-bond donors (Lipinski definition) is 2. The van der Waals surface area contributed by atoms with Gasteiger partial charge in [0, 0.05) is 17.5 Å². The Morgan fingerprint density at radius 1 is 1.17 bits per heavy atom. The van der Waals surface area contributed by atoms with Gasteiger partial charge in [0.2, 0.25) is 0 Å². The summed E-state index contributed by atoms with van der Waals surface area (Å²) in [5.41, 5.74) is 5.07. The number of anilines is 2. The molecule has 3 aromatic rings. The summed E-state index contributed by atoms with van der Waals surface area (Å²) in [6.07, 6.45) is 0. The predicted octanol–water partition coefficient (Wildman–Crippen LogP) is 2.54. The number of carbonyl (C=O) groups is 1. The van der Waals surface area contributed by atoms with Crippen molar-refractivity contribution in [2.45, 2.75) is 0 Å². The molecular formula is C16H11N3O5. The van der Waals surface area contributed by atoms with Crippen LogP contribution in [0.1, 0.15) is 10.4 Å². The van der Waals surface area contributed by atoms with Gasteiger partial charge in [-0.25, -0.2) is 4.79 Å². The molecule has 3 rings (SSSR count). The zero-order valence-electron chi connectivity index (χ0n) is 12.2. The van der Waals surface area contributed by atoms with E-state index in [4.69, 9.17) is 10.2 Å². The molecule has 24 heavy (non-hydrogen) atoms. The molecule has 0 radical (unpaired) electrons. The third-order valence-corrected chi connectivity index (χ3v) is 3.38. The summed E-state index contributed by atoms with van der Waals surface area (Å²) in [4.78, 5) is 34.3. The number of nitrogens with zero attached hydrogens (tertiary/aromatic N) is 1. The standard InChI is InChI=1S/C16H11N3O5/c17-12-8-10(19(22)23)5-6-13(12)18-15(20)11-7-9-3-1-2-4-14(9)24-16(11)21/h1-8H,17H2,(H,18,20). The van der Waals surface area contributed by atoms with Gasteiger partial charge in [0.1, 0.15) is 11.1 Å². The van der Waals surface area contributed by atoms with Crippen LogP contribution in [0.5, 0.6) is 0 Å². The van der Waals surface area contributed by atoms with Crippen molar-refractivity contribution >= 4 is 33.9 Å². The molecule has 0 spiro atoms. The summed E-state index contributed by atoms with van der Waals surface area (Å²) in [7, 11) is 0. The number of nitro groups is 1. The molecular weight excluding hydrogens is 314 g/mol. The fourth-order valence-corrected chi connectivity index (χ4v) is 2.19. The fourth-order valence-electron chi connectivity index (χ4n) is 2.19. The zero-order valence-corrected chi connectivity index (χ0v) is 12.2. The molecule has 0 atom stereocenters. The highest BCUT2D eigenvalue weighted by atomic mass is 16.6. The summed E-state index contributed by atoms with van der Waals surface area (Å²) >= 11 is 0. The quantitative estimate of drug-likeness (QED) is 0.329. The van der Waals surface area contributed by atoms with Crippen LogP contribution in [-0.4, -0.2) is 10.8 Å². The second-order valence-electron chi connectivity index (χ2n) is 4.97. The first-order valence-corrected chi connectivity index (χ1v) is 6.84. The maximum atomic E-state index is 12.3. The van der Waals surface area contributed by atoms with Crippen LogP contribution in [0, 0.1) is 10.1 Å². The van der Waals surface area contributed by atoms with Crippen LogP contribution in [0.3, 0.4) is 0 Å². The third kappa shape index (κ3) is 2.80. The summed E-state index contributed by atoms with van der Waals surface area (Å²) in [5.74, 6) is -0.713. The van der Waals surface area contributed by atoms with E-state index in [2.05, 4.69) is 5.32 Å². The average molecular weight is 325 g/mol. The van der Waals surface area contributed by atoms with Crippen molar-refractivity contribution in [1.82, 2.24) is 0 Å². The lowest BCUT2D eigenvalue weighted by atomic mass is 10.1. The number of nitrogen functional groups attached to an aromatic ring is 1. The molecule has 0 aliphatic rings. The molecule has 0 aliphatic heterocycles. The number of rotatable bonds is 3. The number of amides is 1. The molecule has 0 unspecified atom stereocenters. The van der Waals surface area contributed by atoms with Crippen molar-refractivity contribution in [3.63, 3.8) is 0 Å². The highest BCUT2D eigenvalue weighted by Gasteiger charge is 2.16. The third-order valence-electron chi connectivity index (χ3n) is 3.38. The first kappa shape index (κ1) is 15.2. The van der Waals surface area contributed by atoms with Gasteiger partial charge in [-0.2, -0.15) is 0 Å².